The Kier molecular flexibility index (Phi) is 4.07. The van der Waals surface area contributed by atoms with Crippen LogP contribution in [0.2, 0.25) is 0 Å². The number of hydrogen-bond acceptors (Lipinski definition) is 3. The van der Waals surface area contributed by atoms with Crippen molar-refractivity contribution < 1.29 is 14.2 Å². The highest BCUT2D eigenvalue weighted by atomic mass is 79.9. The summed E-state index contributed by atoms with van der Waals surface area (Å²) in [5.41, 5.74) is 6.85. The van der Waals surface area contributed by atoms with Crippen molar-refractivity contribution in [1.29, 1.82) is 0 Å². The Hall–Kier alpha value is -0.650. The quantitative estimate of drug-likeness (QED) is 0.887. The van der Waals surface area contributed by atoms with Gasteiger partial charge in [0.2, 0.25) is 0 Å². The summed E-state index contributed by atoms with van der Waals surface area (Å²) in [5.74, 6) is -0.397. The molecule has 84 valence electrons. The van der Waals surface area contributed by atoms with Crippen molar-refractivity contribution >= 4 is 15.9 Å². The number of methoxy groups -OCH3 is 1. The lowest BCUT2D eigenvalue weighted by Gasteiger charge is -2.17. The maximum absolute atomic E-state index is 13.5. The Morgan fingerprint density at radius 3 is 2.73 bits per heavy atom. The molecule has 1 rings (SSSR count). The first-order valence-corrected chi connectivity index (χ1v) is 5.21. The van der Waals surface area contributed by atoms with Crippen LogP contribution in [0.25, 0.3) is 0 Å². The number of aryl methyl sites for hydroxylation is 1. The molecular weight excluding hydrogens is 265 g/mol. The van der Waals surface area contributed by atoms with Crippen molar-refractivity contribution in [2.24, 2.45) is 5.73 Å². The van der Waals surface area contributed by atoms with Gasteiger partial charge >= 0.3 is 0 Å². The minimum atomic E-state index is -0.663. The maximum Gasteiger partial charge on any atom is 0.165 e. The number of benzene rings is 1. The summed E-state index contributed by atoms with van der Waals surface area (Å²) in [6.45, 7) is 1.48. The van der Waals surface area contributed by atoms with Gasteiger partial charge in [-0.05, 0) is 18.6 Å². The molecule has 1 aromatic carbocycles. The molecule has 1 unspecified atom stereocenters. The zero-order valence-corrected chi connectivity index (χ0v) is 10.1. The molecule has 0 saturated carbocycles. The van der Waals surface area contributed by atoms with Crippen LogP contribution in [0.1, 0.15) is 17.2 Å². The lowest BCUT2D eigenvalue weighted by Crippen LogP contribution is -2.17. The Balaban J connectivity index is 3.43. The second-order valence-corrected chi connectivity index (χ2v) is 4.02. The lowest BCUT2D eigenvalue weighted by atomic mass is 10.0. The predicted octanol–water partition coefficient (Wildman–Crippen LogP) is 1.90. The molecule has 0 bridgehead atoms. The highest BCUT2D eigenvalue weighted by Gasteiger charge is 2.20. The number of hydrogen-bond donors (Lipinski definition) is 2. The van der Waals surface area contributed by atoms with E-state index in [0.717, 1.165) is 0 Å². The number of aliphatic hydroxyl groups excluding tert-OH is 1. The van der Waals surface area contributed by atoms with Crippen molar-refractivity contribution in [3.8, 4) is 5.75 Å². The SMILES string of the molecule is COc1c(F)cc(C)c(Br)c1C(N)CO. The first-order valence-electron chi connectivity index (χ1n) is 4.41. The highest BCUT2D eigenvalue weighted by Crippen LogP contribution is 2.36. The number of halogens is 2. The Bertz CT molecular complexity index is 371. The molecule has 3 nitrogen and oxygen atoms in total. The fourth-order valence-electron chi connectivity index (χ4n) is 1.39. The van der Waals surface area contributed by atoms with Gasteiger partial charge in [-0.1, -0.05) is 15.9 Å². The van der Waals surface area contributed by atoms with Crippen LogP contribution in [-0.4, -0.2) is 18.8 Å². The zero-order chi connectivity index (χ0) is 11.6. The fraction of sp³-hybridized carbons (Fsp3) is 0.400. The summed E-state index contributed by atoms with van der Waals surface area (Å²) in [7, 11) is 1.37. The smallest absolute Gasteiger partial charge is 0.165 e. The van der Waals surface area contributed by atoms with Crippen molar-refractivity contribution in [3.05, 3.63) is 27.5 Å². The van der Waals surface area contributed by atoms with Gasteiger partial charge in [0.05, 0.1) is 19.8 Å². The molecule has 0 aromatic heterocycles. The van der Waals surface area contributed by atoms with Crippen LogP contribution >= 0.6 is 15.9 Å². The van der Waals surface area contributed by atoms with Crippen LogP contribution in [-0.2, 0) is 0 Å². The molecule has 0 heterocycles. The molecule has 0 aliphatic rings. The summed E-state index contributed by atoms with van der Waals surface area (Å²) < 4.78 is 19.1. The average Bonchev–Trinajstić information content (AvgIpc) is 2.21. The largest absolute Gasteiger partial charge is 0.493 e. The molecule has 0 fully saturated rings. The third-order valence-corrected chi connectivity index (χ3v) is 3.21. The van der Waals surface area contributed by atoms with Crippen molar-refractivity contribution in [2.45, 2.75) is 13.0 Å². The van der Waals surface area contributed by atoms with Gasteiger partial charge in [-0.3, -0.25) is 0 Å². The number of aliphatic hydroxyl groups is 1. The van der Waals surface area contributed by atoms with E-state index in [9.17, 15) is 4.39 Å². The van der Waals surface area contributed by atoms with E-state index in [-0.39, 0.29) is 12.4 Å². The van der Waals surface area contributed by atoms with Crippen LogP contribution in [0.5, 0.6) is 5.75 Å². The van der Waals surface area contributed by atoms with E-state index in [1.54, 1.807) is 6.92 Å². The third-order valence-electron chi connectivity index (χ3n) is 2.16. The van der Waals surface area contributed by atoms with Gasteiger partial charge in [-0.25, -0.2) is 4.39 Å². The molecule has 1 atom stereocenters. The van der Waals surface area contributed by atoms with Crippen LogP contribution in [0.3, 0.4) is 0 Å². The van der Waals surface area contributed by atoms with Crippen molar-refractivity contribution in [3.63, 3.8) is 0 Å². The second-order valence-electron chi connectivity index (χ2n) is 3.23. The summed E-state index contributed by atoms with van der Waals surface area (Å²) in [6.07, 6.45) is 0. The highest BCUT2D eigenvalue weighted by molar-refractivity contribution is 9.10. The number of nitrogens with two attached hydrogens (primary N) is 1. The fourth-order valence-corrected chi connectivity index (χ4v) is 1.98. The van der Waals surface area contributed by atoms with Crippen LogP contribution in [0.15, 0.2) is 10.5 Å². The van der Waals surface area contributed by atoms with E-state index < -0.39 is 11.9 Å². The van der Waals surface area contributed by atoms with Crippen LogP contribution < -0.4 is 10.5 Å². The summed E-state index contributed by atoms with van der Waals surface area (Å²) in [4.78, 5) is 0. The van der Waals surface area contributed by atoms with E-state index in [1.807, 2.05) is 0 Å². The normalized spacial score (nSPS) is 12.7. The van der Waals surface area contributed by atoms with E-state index >= 15 is 0 Å². The topological polar surface area (TPSA) is 55.5 Å². The van der Waals surface area contributed by atoms with Gasteiger partial charge < -0.3 is 15.6 Å². The van der Waals surface area contributed by atoms with E-state index in [0.29, 0.717) is 15.6 Å². The first kappa shape index (κ1) is 12.4. The predicted molar refractivity (Wildman–Crippen MR) is 59.4 cm³/mol. The summed E-state index contributed by atoms with van der Waals surface area (Å²) in [5, 5.41) is 8.99. The van der Waals surface area contributed by atoms with Gasteiger partial charge in [-0.15, -0.1) is 0 Å². The minimum Gasteiger partial charge on any atom is -0.493 e. The number of rotatable bonds is 3. The van der Waals surface area contributed by atoms with Gasteiger partial charge in [0.25, 0.3) is 0 Å². The number of ether oxygens (including phenoxy) is 1. The summed E-state index contributed by atoms with van der Waals surface area (Å²) in [6, 6.07) is 0.694. The summed E-state index contributed by atoms with van der Waals surface area (Å²) >= 11 is 3.31. The van der Waals surface area contributed by atoms with Crippen molar-refractivity contribution in [2.75, 3.05) is 13.7 Å². The second kappa shape index (κ2) is 4.92. The van der Waals surface area contributed by atoms with Gasteiger partial charge in [-0.2, -0.15) is 0 Å². The van der Waals surface area contributed by atoms with Gasteiger partial charge in [0.15, 0.2) is 11.6 Å². The molecule has 3 N–H and O–H groups in total. The molecule has 0 amide bonds. The monoisotopic (exact) mass is 277 g/mol. The lowest BCUT2D eigenvalue weighted by molar-refractivity contribution is 0.263. The molecule has 0 aliphatic heterocycles. The Morgan fingerprint density at radius 1 is 1.67 bits per heavy atom. The molecular formula is C10H13BrFNO2. The zero-order valence-electron chi connectivity index (χ0n) is 8.55. The Morgan fingerprint density at radius 2 is 2.27 bits per heavy atom. The minimum absolute atomic E-state index is 0.0778. The molecule has 15 heavy (non-hydrogen) atoms. The van der Waals surface area contributed by atoms with Gasteiger partial charge in [0.1, 0.15) is 0 Å². The van der Waals surface area contributed by atoms with E-state index in [4.69, 9.17) is 15.6 Å². The molecule has 0 radical (unpaired) electrons. The van der Waals surface area contributed by atoms with Crippen LogP contribution in [0.4, 0.5) is 4.39 Å². The van der Waals surface area contributed by atoms with E-state index in [2.05, 4.69) is 15.9 Å². The first-order chi connectivity index (χ1) is 7.02. The molecule has 0 saturated heterocycles. The Labute approximate surface area is 96.2 Å². The maximum atomic E-state index is 13.5. The molecule has 1 aromatic rings. The molecule has 5 heteroatoms. The third kappa shape index (κ3) is 2.30. The van der Waals surface area contributed by atoms with Gasteiger partial charge in [0, 0.05) is 10.0 Å². The van der Waals surface area contributed by atoms with E-state index in [1.165, 1.54) is 13.2 Å². The standard InChI is InChI=1S/C10H13BrFNO2/c1-5-3-6(12)10(15-2)8(9(5)11)7(13)4-14/h3,7,14H,4,13H2,1-2H3. The average molecular weight is 278 g/mol. The molecule has 0 aliphatic carbocycles. The molecule has 0 spiro atoms. The van der Waals surface area contributed by atoms with Crippen LogP contribution in [0, 0.1) is 12.7 Å². The van der Waals surface area contributed by atoms with Crippen molar-refractivity contribution in [1.82, 2.24) is 0 Å².